The van der Waals surface area contributed by atoms with Crippen LogP contribution in [0.2, 0.25) is 0 Å². The van der Waals surface area contributed by atoms with Gasteiger partial charge in [-0.1, -0.05) is 0 Å². The summed E-state index contributed by atoms with van der Waals surface area (Å²) < 4.78 is 5.30. The number of nitrogens with zero attached hydrogens (tertiary/aromatic N) is 2. The van der Waals surface area contributed by atoms with E-state index in [4.69, 9.17) is 4.74 Å². The Morgan fingerprint density at radius 2 is 2.32 bits per heavy atom. The van der Waals surface area contributed by atoms with Crippen molar-refractivity contribution in [2.24, 2.45) is 5.92 Å². The summed E-state index contributed by atoms with van der Waals surface area (Å²) in [6, 6.07) is 7.77. The van der Waals surface area contributed by atoms with Crippen LogP contribution in [-0.2, 0) is 6.42 Å². The predicted octanol–water partition coefficient (Wildman–Crippen LogP) is 2.99. The molecule has 130 valence electrons. The predicted molar refractivity (Wildman–Crippen MR) is 95.8 cm³/mol. The summed E-state index contributed by atoms with van der Waals surface area (Å²) in [5.74, 6) is 1.32. The maximum absolute atomic E-state index is 13.1. The summed E-state index contributed by atoms with van der Waals surface area (Å²) in [5, 5.41) is 7.95. The largest absolute Gasteiger partial charge is 0.497 e. The number of H-pyrrole nitrogens is 2. The minimum atomic E-state index is 0.0915. The smallest absolute Gasteiger partial charge is 0.256 e. The molecule has 25 heavy (non-hydrogen) atoms. The quantitative estimate of drug-likeness (QED) is 0.768. The van der Waals surface area contributed by atoms with Gasteiger partial charge in [0.25, 0.3) is 5.91 Å². The van der Waals surface area contributed by atoms with Crippen molar-refractivity contribution in [2.45, 2.75) is 19.3 Å². The van der Waals surface area contributed by atoms with Crippen LogP contribution < -0.4 is 4.74 Å². The first kappa shape index (κ1) is 15.7. The molecule has 1 fully saturated rings. The molecule has 2 aromatic heterocycles. The molecule has 4 rings (SSSR count). The molecule has 0 radical (unpaired) electrons. The van der Waals surface area contributed by atoms with Gasteiger partial charge in [0.05, 0.1) is 12.7 Å². The lowest BCUT2D eigenvalue weighted by atomic mass is 9.93. The summed E-state index contributed by atoms with van der Waals surface area (Å²) in [5.41, 5.74) is 2.81. The lowest BCUT2D eigenvalue weighted by Crippen LogP contribution is -2.40. The Balaban J connectivity index is 1.54. The van der Waals surface area contributed by atoms with Gasteiger partial charge in [0.1, 0.15) is 5.75 Å². The van der Waals surface area contributed by atoms with E-state index in [9.17, 15) is 4.79 Å². The zero-order chi connectivity index (χ0) is 17.2. The molecule has 0 spiro atoms. The molecule has 0 bridgehead atoms. The molecule has 3 heterocycles. The highest BCUT2D eigenvalue weighted by atomic mass is 16.5. The molecule has 1 saturated heterocycles. The van der Waals surface area contributed by atoms with Crippen LogP contribution in [0.1, 0.15) is 28.9 Å². The molecular formula is C19H22N4O2. The van der Waals surface area contributed by atoms with Gasteiger partial charge in [0, 0.05) is 42.1 Å². The number of carbonyl (C=O) groups excluding carboxylic acids is 1. The number of piperidine rings is 1. The first-order chi connectivity index (χ1) is 12.2. The fourth-order valence-electron chi connectivity index (χ4n) is 3.70. The highest BCUT2D eigenvalue weighted by molar-refractivity contribution is 6.07. The van der Waals surface area contributed by atoms with Gasteiger partial charge in [-0.05, 0) is 49.4 Å². The second-order valence-corrected chi connectivity index (χ2v) is 6.66. The summed E-state index contributed by atoms with van der Waals surface area (Å²) in [7, 11) is 1.64. The Morgan fingerprint density at radius 1 is 1.40 bits per heavy atom. The third-order valence-electron chi connectivity index (χ3n) is 4.99. The van der Waals surface area contributed by atoms with E-state index in [1.807, 2.05) is 35.4 Å². The van der Waals surface area contributed by atoms with Crippen molar-refractivity contribution in [1.29, 1.82) is 0 Å². The maximum Gasteiger partial charge on any atom is 0.256 e. The Kier molecular flexibility index (Phi) is 4.17. The normalized spacial score (nSPS) is 17.8. The van der Waals surface area contributed by atoms with E-state index >= 15 is 0 Å². The van der Waals surface area contributed by atoms with E-state index in [0.29, 0.717) is 5.92 Å². The highest BCUT2D eigenvalue weighted by Crippen LogP contribution is 2.27. The number of carbonyl (C=O) groups is 1. The van der Waals surface area contributed by atoms with Gasteiger partial charge in [-0.2, -0.15) is 5.10 Å². The van der Waals surface area contributed by atoms with E-state index in [1.54, 1.807) is 13.3 Å². The fourth-order valence-corrected chi connectivity index (χ4v) is 3.70. The first-order valence-corrected chi connectivity index (χ1v) is 8.67. The number of hydrogen-bond donors (Lipinski definition) is 2. The molecule has 6 heteroatoms. The standard InChI is InChI=1S/C19H22N4O2/c1-25-15-4-5-18-16(10-15)17(11-20-18)19(24)23-8-2-3-13(12-23)9-14-6-7-21-22-14/h4-7,10-11,13,20H,2-3,8-9,12H2,1H3,(H,21,22). The lowest BCUT2D eigenvalue weighted by molar-refractivity contribution is 0.0675. The van der Waals surface area contributed by atoms with Crippen molar-refractivity contribution >= 4 is 16.8 Å². The molecule has 1 aliphatic rings. The first-order valence-electron chi connectivity index (χ1n) is 8.67. The Labute approximate surface area is 146 Å². The summed E-state index contributed by atoms with van der Waals surface area (Å²) in [4.78, 5) is 18.2. The second kappa shape index (κ2) is 6.63. The summed E-state index contributed by atoms with van der Waals surface area (Å²) >= 11 is 0. The van der Waals surface area contributed by atoms with Crippen LogP contribution in [0.5, 0.6) is 5.75 Å². The number of nitrogens with one attached hydrogen (secondary N) is 2. The Bertz CT molecular complexity index is 869. The number of amides is 1. The molecule has 1 atom stereocenters. The average Bonchev–Trinajstić information content (AvgIpc) is 3.30. The van der Waals surface area contributed by atoms with Gasteiger partial charge in [-0.15, -0.1) is 0 Å². The SMILES string of the molecule is COc1ccc2[nH]cc(C(=O)N3CCCC(Cc4ccn[nH]4)C3)c2c1. The van der Waals surface area contributed by atoms with Crippen LogP contribution >= 0.6 is 0 Å². The zero-order valence-corrected chi connectivity index (χ0v) is 14.3. The molecule has 1 aliphatic heterocycles. The van der Waals surface area contributed by atoms with Crippen molar-refractivity contribution in [3.05, 3.63) is 47.9 Å². The number of rotatable bonds is 4. The van der Waals surface area contributed by atoms with E-state index in [-0.39, 0.29) is 5.91 Å². The topological polar surface area (TPSA) is 74.0 Å². The van der Waals surface area contributed by atoms with Gasteiger partial charge < -0.3 is 14.6 Å². The molecule has 6 nitrogen and oxygen atoms in total. The van der Waals surface area contributed by atoms with E-state index < -0.39 is 0 Å². The number of aromatic nitrogens is 3. The van der Waals surface area contributed by atoms with Gasteiger partial charge >= 0.3 is 0 Å². The number of ether oxygens (including phenoxy) is 1. The Morgan fingerprint density at radius 3 is 3.12 bits per heavy atom. The monoisotopic (exact) mass is 338 g/mol. The minimum absolute atomic E-state index is 0.0915. The summed E-state index contributed by atoms with van der Waals surface area (Å²) in [6.45, 7) is 1.60. The average molecular weight is 338 g/mol. The second-order valence-electron chi connectivity index (χ2n) is 6.66. The van der Waals surface area contributed by atoms with Crippen LogP contribution in [0.25, 0.3) is 10.9 Å². The van der Waals surface area contributed by atoms with Crippen molar-refractivity contribution in [3.63, 3.8) is 0 Å². The molecule has 1 aromatic carbocycles. The van der Waals surface area contributed by atoms with E-state index in [2.05, 4.69) is 15.2 Å². The van der Waals surface area contributed by atoms with Gasteiger partial charge in [0.2, 0.25) is 0 Å². The van der Waals surface area contributed by atoms with Crippen LogP contribution in [0.3, 0.4) is 0 Å². The molecule has 0 saturated carbocycles. The number of benzene rings is 1. The summed E-state index contributed by atoms with van der Waals surface area (Å²) in [6.07, 6.45) is 6.71. The van der Waals surface area contributed by atoms with Crippen LogP contribution in [-0.4, -0.2) is 46.2 Å². The van der Waals surface area contributed by atoms with Crippen molar-refractivity contribution < 1.29 is 9.53 Å². The molecule has 3 aromatic rings. The molecule has 1 amide bonds. The number of fused-ring (bicyclic) bond motifs is 1. The molecule has 0 aliphatic carbocycles. The molecule has 2 N–H and O–H groups in total. The maximum atomic E-state index is 13.1. The number of aromatic amines is 2. The van der Waals surface area contributed by atoms with Crippen molar-refractivity contribution in [3.8, 4) is 5.75 Å². The third-order valence-corrected chi connectivity index (χ3v) is 4.99. The van der Waals surface area contributed by atoms with Gasteiger partial charge in [0.15, 0.2) is 0 Å². The van der Waals surface area contributed by atoms with Gasteiger partial charge in [-0.25, -0.2) is 0 Å². The molecule has 1 unspecified atom stereocenters. The zero-order valence-electron chi connectivity index (χ0n) is 14.3. The number of hydrogen-bond acceptors (Lipinski definition) is 3. The molecular weight excluding hydrogens is 316 g/mol. The number of likely N-dealkylation sites (tertiary alicyclic amines) is 1. The fraction of sp³-hybridized carbons (Fsp3) is 0.368. The van der Waals surface area contributed by atoms with Crippen LogP contribution in [0.4, 0.5) is 0 Å². The van der Waals surface area contributed by atoms with E-state index in [0.717, 1.165) is 60.3 Å². The van der Waals surface area contributed by atoms with Crippen molar-refractivity contribution in [2.75, 3.05) is 20.2 Å². The number of methoxy groups -OCH3 is 1. The Hall–Kier alpha value is -2.76. The van der Waals surface area contributed by atoms with Crippen LogP contribution in [0, 0.1) is 5.92 Å². The van der Waals surface area contributed by atoms with Crippen LogP contribution in [0.15, 0.2) is 36.7 Å². The minimum Gasteiger partial charge on any atom is -0.497 e. The highest BCUT2D eigenvalue weighted by Gasteiger charge is 2.26. The van der Waals surface area contributed by atoms with E-state index in [1.165, 1.54) is 0 Å². The third kappa shape index (κ3) is 3.12. The van der Waals surface area contributed by atoms with Crippen molar-refractivity contribution in [1.82, 2.24) is 20.1 Å². The lowest BCUT2D eigenvalue weighted by Gasteiger charge is -2.32. The van der Waals surface area contributed by atoms with Gasteiger partial charge in [-0.3, -0.25) is 9.89 Å².